The summed E-state index contributed by atoms with van der Waals surface area (Å²) in [6.45, 7) is 1.75. The first-order valence-electron chi connectivity index (χ1n) is 9.54. The molecule has 2 aliphatic heterocycles. The van der Waals surface area contributed by atoms with Crippen LogP contribution in [0, 0.1) is 0 Å². The van der Waals surface area contributed by atoms with Crippen LogP contribution in [0.4, 0.5) is 9.59 Å². The topological polar surface area (TPSA) is 112 Å². The Morgan fingerprint density at radius 1 is 0.900 bits per heavy atom. The van der Waals surface area contributed by atoms with Gasteiger partial charge >= 0.3 is 18.2 Å². The SMILES string of the molecule is CCOC(=O)C1=C(c2ccccc2)[C@@H]2O[C@H]1C(COC(=O)NC)=C2COC(=O)NC. The van der Waals surface area contributed by atoms with Crippen molar-refractivity contribution in [3.8, 4) is 0 Å². The van der Waals surface area contributed by atoms with E-state index < -0.39 is 30.4 Å². The van der Waals surface area contributed by atoms with Crippen molar-refractivity contribution in [2.24, 2.45) is 0 Å². The molecule has 0 fully saturated rings. The summed E-state index contributed by atoms with van der Waals surface area (Å²) >= 11 is 0. The normalized spacial score (nSPS) is 19.6. The van der Waals surface area contributed by atoms with E-state index in [1.165, 1.54) is 14.1 Å². The molecule has 2 heterocycles. The van der Waals surface area contributed by atoms with Crippen molar-refractivity contribution in [2.45, 2.75) is 19.1 Å². The number of hydrogen-bond donors (Lipinski definition) is 2. The summed E-state index contributed by atoms with van der Waals surface area (Å²) in [5, 5.41) is 4.76. The third-order valence-electron chi connectivity index (χ3n) is 4.84. The number of esters is 1. The van der Waals surface area contributed by atoms with Crippen molar-refractivity contribution in [3.05, 3.63) is 52.6 Å². The van der Waals surface area contributed by atoms with E-state index in [1.54, 1.807) is 6.92 Å². The minimum absolute atomic E-state index is 0.0697. The lowest BCUT2D eigenvalue weighted by atomic mass is 9.83. The van der Waals surface area contributed by atoms with E-state index in [4.69, 9.17) is 18.9 Å². The van der Waals surface area contributed by atoms with Crippen LogP contribution in [-0.4, -0.2) is 64.3 Å². The third kappa shape index (κ3) is 4.16. The molecule has 0 radical (unpaired) electrons. The third-order valence-corrected chi connectivity index (χ3v) is 4.84. The molecular weight excluding hydrogens is 392 g/mol. The molecule has 2 atom stereocenters. The lowest BCUT2D eigenvalue weighted by molar-refractivity contribution is -0.139. The van der Waals surface area contributed by atoms with Gasteiger partial charge in [-0.05, 0) is 12.5 Å². The molecule has 9 nitrogen and oxygen atoms in total. The average molecular weight is 416 g/mol. The van der Waals surface area contributed by atoms with Gasteiger partial charge in [0.2, 0.25) is 0 Å². The van der Waals surface area contributed by atoms with Gasteiger partial charge in [-0.3, -0.25) is 0 Å². The predicted octanol–water partition coefficient (Wildman–Crippen LogP) is 1.79. The van der Waals surface area contributed by atoms with Crippen LogP contribution in [0.5, 0.6) is 0 Å². The van der Waals surface area contributed by atoms with Crippen LogP contribution in [0.15, 0.2) is 47.1 Å². The largest absolute Gasteiger partial charge is 0.463 e. The highest BCUT2D eigenvalue weighted by Crippen LogP contribution is 2.48. The highest BCUT2D eigenvalue weighted by atomic mass is 16.6. The molecule has 2 bridgehead atoms. The number of carbonyl (C=O) groups is 3. The molecule has 1 aromatic rings. The number of nitrogens with one attached hydrogen (secondary N) is 2. The van der Waals surface area contributed by atoms with Gasteiger partial charge in [0, 0.05) is 30.8 Å². The second-order valence-electron chi connectivity index (χ2n) is 6.51. The van der Waals surface area contributed by atoms with Crippen molar-refractivity contribution in [1.82, 2.24) is 10.6 Å². The van der Waals surface area contributed by atoms with Crippen molar-refractivity contribution < 1.29 is 33.3 Å². The molecule has 2 aliphatic rings. The Bertz CT molecular complexity index is 892. The van der Waals surface area contributed by atoms with Gasteiger partial charge in [0.1, 0.15) is 25.4 Å². The summed E-state index contributed by atoms with van der Waals surface area (Å²) < 4.78 is 21.8. The number of amides is 2. The number of fused-ring (bicyclic) bond motifs is 2. The van der Waals surface area contributed by atoms with Gasteiger partial charge in [-0.15, -0.1) is 0 Å². The second kappa shape index (κ2) is 9.45. The van der Waals surface area contributed by atoms with E-state index in [9.17, 15) is 14.4 Å². The Morgan fingerprint density at radius 2 is 1.47 bits per heavy atom. The fourth-order valence-electron chi connectivity index (χ4n) is 3.52. The monoisotopic (exact) mass is 416 g/mol. The first-order valence-corrected chi connectivity index (χ1v) is 9.54. The number of alkyl carbamates (subject to hydrolysis) is 2. The molecule has 9 heteroatoms. The zero-order valence-corrected chi connectivity index (χ0v) is 17.0. The fourth-order valence-corrected chi connectivity index (χ4v) is 3.52. The van der Waals surface area contributed by atoms with Crippen LogP contribution in [0.1, 0.15) is 12.5 Å². The van der Waals surface area contributed by atoms with E-state index >= 15 is 0 Å². The highest BCUT2D eigenvalue weighted by molar-refractivity contribution is 6.03. The Morgan fingerprint density at radius 3 is 2.00 bits per heavy atom. The standard InChI is InChI=1S/C21H24N2O7/c1-4-27-19(24)16-15(12-8-6-5-7-9-12)17-13(10-28-20(25)22-2)14(18(16)30-17)11-29-21(26)23-3/h5-9,17-18H,4,10-11H2,1-3H3,(H,22,25)(H,23,26)/t17-,18+/m1/s1. The number of carbonyl (C=O) groups excluding carboxylic acids is 3. The van der Waals surface area contributed by atoms with E-state index in [0.29, 0.717) is 22.3 Å². The lowest BCUT2D eigenvalue weighted by Crippen LogP contribution is -2.28. The smallest absolute Gasteiger partial charge is 0.407 e. The summed E-state index contributed by atoms with van der Waals surface area (Å²) in [4.78, 5) is 36.0. The molecule has 3 rings (SSSR count). The van der Waals surface area contributed by atoms with Gasteiger partial charge in [0.25, 0.3) is 0 Å². The maximum absolute atomic E-state index is 12.8. The molecule has 2 amide bonds. The van der Waals surface area contributed by atoms with Crippen molar-refractivity contribution in [3.63, 3.8) is 0 Å². The molecule has 0 saturated heterocycles. The highest BCUT2D eigenvalue weighted by Gasteiger charge is 2.50. The van der Waals surface area contributed by atoms with Crippen molar-refractivity contribution in [1.29, 1.82) is 0 Å². The lowest BCUT2D eigenvalue weighted by Gasteiger charge is -2.22. The Labute approximate surface area is 174 Å². The molecule has 160 valence electrons. The van der Waals surface area contributed by atoms with Crippen LogP contribution >= 0.6 is 0 Å². The molecule has 30 heavy (non-hydrogen) atoms. The maximum Gasteiger partial charge on any atom is 0.407 e. The first-order chi connectivity index (χ1) is 14.5. The van der Waals surface area contributed by atoms with E-state index in [0.717, 1.165) is 5.56 Å². The van der Waals surface area contributed by atoms with Crippen LogP contribution in [0.25, 0.3) is 5.57 Å². The molecule has 0 aliphatic carbocycles. The van der Waals surface area contributed by atoms with Gasteiger partial charge in [-0.1, -0.05) is 30.3 Å². The maximum atomic E-state index is 12.8. The summed E-state index contributed by atoms with van der Waals surface area (Å²) in [5.74, 6) is -0.493. The van der Waals surface area contributed by atoms with Crippen LogP contribution in [-0.2, 0) is 23.7 Å². The van der Waals surface area contributed by atoms with Gasteiger partial charge in [0.15, 0.2) is 0 Å². The van der Waals surface area contributed by atoms with E-state index in [2.05, 4.69) is 10.6 Å². The van der Waals surface area contributed by atoms with Crippen molar-refractivity contribution >= 4 is 23.7 Å². The van der Waals surface area contributed by atoms with Crippen molar-refractivity contribution in [2.75, 3.05) is 33.9 Å². The number of ether oxygens (including phenoxy) is 4. The minimum Gasteiger partial charge on any atom is -0.463 e. The summed E-state index contributed by atoms with van der Waals surface area (Å²) in [6.07, 6.45) is -2.60. The minimum atomic E-state index is -0.753. The Balaban J connectivity index is 2.01. The summed E-state index contributed by atoms with van der Waals surface area (Å²) in [5.41, 5.74) is 3.04. The molecule has 1 aromatic carbocycles. The van der Waals surface area contributed by atoms with Gasteiger partial charge in [-0.2, -0.15) is 0 Å². The quantitative estimate of drug-likeness (QED) is 0.396. The van der Waals surface area contributed by atoms with Crippen LogP contribution in [0.3, 0.4) is 0 Å². The van der Waals surface area contributed by atoms with E-state index in [1.807, 2.05) is 30.3 Å². The number of rotatable bonds is 7. The zero-order valence-electron chi connectivity index (χ0n) is 17.0. The first kappa shape index (κ1) is 21.4. The van der Waals surface area contributed by atoms with Gasteiger partial charge in [-0.25, -0.2) is 14.4 Å². The predicted molar refractivity (Wildman–Crippen MR) is 106 cm³/mol. The molecule has 0 unspecified atom stereocenters. The van der Waals surface area contributed by atoms with E-state index in [-0.39, 0.29) is 19.8 Å². The summed E-state index contributed by atoms with van der Waals surface area (Å²) in [7, 11) is 2.90. The van der Waals surface area contributed by atoms with Gasteiger partial charge in [0.05, 0.1) is 12.2 Å². The van der Waals surface area contributed by atoms with Crippen LogP contribution in [0.2, 0.25) is 0 Å². The van der Waals surface area contributed by atoms with Crippen LogP contribution < -0.4 is 10.6 Å². The zero-order chi connectivity index (χ0) is 21.7. The molecular formula is C21H24N2O7. The number of hydrogen-bond acceptors (Lipinski definition) is 7. The Hall–Kier alpha value is -3.33. The molecule has 0 spiro atoms. The fraction of sp³-hybridized carbons (Fsp3) is 0.381. The summed E-state index contributed by atoms with van der Waals surface area (Å²) in [6, 6.07) is 9.33. The Kier molecular flexibility index (Phi) is 6.73. The molecule has 0 saturated carbocycles. The number of benzene rings is 1. The molecule has 2 N–H and O–H groups in total. The molecule has 0 aromatic heterocycles. The average Bonchev–Trinajstić information content (AvgIpc) is 3.32. The second-order valence-corrected chi connectivity index (χ2v) is 6.51. The van der Waals surface area contributed by atoms with Gasteiger partial charge < -0.3 is 29.6 Å².